The molecule has 7 nitrogen and oxygen atoms in total. The first-order valence-corrected chi connectivity index (χ1v) is 9.87. The normalized spacial score (nSPS) is 12.2. The predicted octanol–water partition coefficient (Wildman–Crippen LogP) is 3.75. The van der Waals surface area contributed by atoms with Gasteiger partial charge in [0.15, 0.2) is 17.5 Å². The minimum atomic E-state index is -0.0413. The number of aromatic amines is 1. The number of aromatic nitrogens is 2. The van der Waals surface area contributed by atoms with Gasteiger partial charge < -0.3 is 25.1 Å². The van der Waals surface area contributed by atoms with E-state index < -0.39 is 0 Å². The zero-order chi connectivity index (χ0) is 20.5. The number of para-hydroxylation sites is 4. The molecule has 1 heterocycles. The van der Waals surface area contributed by atoms with Gasteiger partial charge in [-0.15, -0.1) is 24.0 Å². The van der Waals surface area contributed by atoms with Crippen LogP contribution in [-0.4, -0.2) is 49.3 Å². The van der Waals surface area contributed by atoms with Gasteiger partial charge in [-0.2, -0.15) is 0 Å². The summed E-state index contributed by atoms with van der Waals surface area (Å²) in [4.78, 5) is 12.2. The van der Waals surface area contributed by atoms with Crippen LogP contribution in [0.1, 0.15) is 19.2 Å². The molecule has 8 heteroatoms. The number of nitrogens with zero attached hydrogens (tertiary/aromatic N) is 2. The molecule has 0 spiro atoms. The van der Waals surface area contributed by atoms with Crippen molar-refractivity contribution in [1.82, 2.24) is 20.6 Å². The topological polar surface area (TPSA) is 83.6 Å². The maximum absolute atomic E-state index is 5.96. The molecule has 0 bridgehead atoms. The molecule has 1 atom stereocenters. The molecule has 0 amide bonds. The van der Waals surface area contributed by atoms with Crippen LogP contribution in [0.3, 0.4) is 0 Å². The number of ether oxygens (including phenoxy) is 2. The van der Waals surface area contributed by atoms with Crippen LogP contribution in [0.25, 0.3) is 11.0 Å². The Morgan fingerprint density at radius 2 is 1.83 bits per heavy atom. The Kier molecular flexibility index (Phi) is 9.72. The van der Waals surface area contributed by atoms with Crippen molar-refractivity contribution in [3.8, 4) is 11.5 Å². The Bertz CT molecular complexity index is 911. The number of rotatable bonds is 9. The van der Waals surface area contributed by atoms with E-state index in [9.17, 15) is 0 Å². The van der Waals surface area contributed by atoms with Gasteiger partial charge >= 0.3 is 0 Å². The van der Waals surface area contributed by atoms with E-state index in [2.05, 4.69) is 25.6 Å². The first-order chi connectivity index (χ1) is 14.2. The van der Waals surface area contributed by atoms with E-state index in [0.717, 1.165) is 53.7 Å². The number of fused-ring (bicyclic) bond motifs is 1. The van der Waals surface area contributed by atoms with Gasteiger partial charge in [-0.25, -0.2) is 4.98 Å². The lowest BCUT2D eigenvalue weighted by Gasteiger charge is -2.19. The third kappa shape index (κ3) is 6.79. The zero-order valence-electron chi connectivity index (χ0n) is 17.6. The summed E-state index contributed by atoms with van der Waals surface area (Å²) in [5.74, 6) is 3.23. The highest BCUT2D eigenvalue weighted by Gasteiger charge is 2.09. The quantitative estimate of drug-likeness (QED) is 0.172. The highest BCUT2D eigenvalue weighted by molar-refractivity contribution is 14.0. The molecule has 162 valence electrons. The Morgan fingerprint density at radius 1 is 1.10 bits per heavy atom. The monoisotopic (exact) mass is 523 g/mol. The molecule has 30 heavy (non-hydrogen) atoms. The molecule has 0 radical (unpaired) electrons. The minimum absolute atomic E-state index is 0. The summed E-state index contributed by atoms with van der Waals surface area (Å²) in [6.07, 6.45) is 1.79. The number of guanidine groups is 1. The summed E-state index contributed by atoms with van der Waals surface area (Å²) in [5.41, 5.74) is 2.09. The van der Waals surface area contributed by atoms with E-state index in [-0.39, 0.29) is 30.1 Å². The lowest BCUT2D eigenvalue weighted by molar-refractivity contribution is 0.213. The van der Waals surface area contributed by atoms with Gasteiger partial charge in [0.05, 0.1) is 24.7 Å². The maximum Gasteiger partial charge on any atom is 0.191 e. The molecular weight excluding hydrogens is 493 g/mol. The number of hydrogen-bond acceptors (Lipinski definition) is 4. The number of H-pyrrole nitrogens is 1. The van der Waals surface area contributed by atoms with E-state index in [0.29, 0.717) is 6.54 Å². The van der Waals surface area contributed by atoms with Crippen molar-refractivity contribution in [2.75, 3.05) is 27.2 Å². The summed E-state index contributed by atoms with van der Waals surface area (Å²) in [6.45, 7) is 3.44. The van der Waals surface area contributed by atoms with Gasteiger partial charge in [-0.05, 0) is 37.6 Å². The Hall–Kier alpha value is -2.49. The predicted molar refractivity (Wildman–Crippen MR) is 132 cm³/mol. The van der Waals surface area contributed by atoms with Crippen LogP contribution in [-0.2, 0) is 6.42 Å². The largest absolute Gasteiger partial charge is 0.493 e. The number of aryl methyl sites for hydroxylation is 1. The fraction of sp³-hybridized carbons (Fsp3) is 0.364. The summed E-state index contributed by atoms with van der Waals surface area (Å²) < 4.78 is 11.3. The van der Waals surface area contributed by atoms with Crippen LogP contribution in [0.2, 0.25) is 0 Å². The number of hydrogen-bond donors (Lipinski definition) is 3. The third-order valence-electron chi connectivity index (χ3n) is 4.50. The number of benzene rings is 2. The smallest absolute Gasteiger partial charge is 0.191 e. The lowest BCUT2D eigenvalue weighted by atomic mass is 10.3. The van der Waals surface area contributed by atoms with Crippen LogP contribution in [0.15, 0.2) is 53.5 Å². The molecule has 0 saturated heterocycles. The first-order valence-electron chi connectivity index (χ1n) is 9.87. The minimum Gasteiger partial charge on any atom is -0.493 e. The van der Waals surface area contributed by atoms with E-state index in [1.54, 1.807) is 14.2 Å². The van der Waals surface area contributed by atoms with Crippen LogP contribution in [0.4, 0.5) is 0 Å². The number of halogens is 1. The van der Waals surface area contributed by atoms with Gasteiger partial charge in [-0.1, -0.05) is 24.3 Å². The summed E-state index contributed by atoms with van der Waals surface area (Å²) >= 11 is 0. The van der Waals surface area contributed by atoms with Crippen molar-refractivity contribution in [1.29, 1.82) is 0 Å². The van der Waals surface area contributed by atoms with Crippen molar-refractivity contribution < 1.29 is 9.47 Å². The number of imidazole rings is 1. The maximum atomic E-state index is 5.96. The van der Waals surface area contributed by atoms with Gasteiger partial charge in [0.1, 0.15) is 11.9 Å². The average molecular weight is 523 g/mol. The Balaban J connectivity index is 0.00000320. The molecule has 3 rings (SSSR count). The third-order valence-corrected chi connectivity index (χ3v) is 4.50. The molecule has 1 unspecified atom stereocenters. The molecule has 2 aromatic carbocycles. The Morgan fingerprint density at radius 3 is 2.57 bits per heavy atom. The van der Waals surface area contributed by atoms with Crippen LogP contribution in [0.5, 0.6) is 11.5 Å². The van der Waals surface area contributed by atoms with Crippen molar-refractivity contribution in [3.63, 3.8) is 0 Å². The number of aliphatic imine (C=N–C) groups is 1. The molecular formula is C22H30IN5O2. The molecule has 0 saturated carbocycles. The lowest BCUT2D eigenvalue weighted by Crippen LogP contribution is -2.42. The van der Waals surface area contributed by atoms with Crippen molar-refractivity contribution in [2.24, 2.45) is 4.99 Å². The van der Waals surface area contributed by atoms with Crippen molar-refractivity contribution in [3.05, 3.63) is 54.4 Å². The number of methoxy groups -OCH3 is 1. The van der Waals surface area contributed by atoms with Gasteiger partial charge in [0.2, 0.25) is 0 Å². The van der Waals surface area contributed by atoms with Crippen LogP contribution < -0.4 is 20.1 Å². The van der Waals surface area contributed by atoms with E-state index in [4.69, 9.17) is 9.47 Å². The zero-order valence-corrected chi connectivity index (χ0v) is 20.0. The average Bonchev–Trinajstić information content (AvgIpc) is 3.16. The van der Waals surface area contributed by atoms with Gasteiger partial charge in [0, 0.05) is 20.0 Å². The second-order valence-corrected chi connectivity index (χ2v) is 6.76. The molecule has 1 aromatic heterocycles. The highest BCUT2D eigenvalue weighted by atomic mass is 127. The molecule has 0 aliphatic heterocycles. The fourth-order valence-electron chi connectivity index (χ4n) is 3.02. The highest BCUT2D eigenvalue weighted by Crippen LogP contribution is 2.26. The Labute approximate surface area is 194 Å². The second-order valence-electron chi connectivity index (χ2n) is 6.76. The summed E-state index contributed by atoms with van der Waals surface area (Å²) in [5, 5.41) is 6.63. The van der Waals surface area contributed by atoms with E-state index in [1.807, 2.05) is 55.5 Å². The molecule has 0 aliphatic rings. The number of nitrogens with one attached hydrogen (secondary N) is 3. The molecule has 0 fully saturated rings. The molecule has 0 aliphatic carbocycles. The second kappa shape index (κ2) is 12.3. The van der Waals surface area contributed by atoms with Crippen LogP contribution in [0, 0.1) is 0 Å². The van der Waals surface area contributed by atoms with Crippen molar-refractivity contribution >= 4 is 41.0 Å². The summed E-state index contributed by atoms with van der Waals surface area (Å²) in [7, 11) is 3.41. The SMILES string of the molecule is CN=C(NCCCc1nc2ccccc2[nH]1)NCC(C)Oc1ccccc1OC.I. The molecule has 3 aromatic rings. The summed E-state index contributed by atoms with van der Waals surface area (Å²) in [6, 6.07) is 15.7. The molecule has 3 N–H and O–H groups in total. The van der Waals surface area contributed by atoms with E-state index >= 15 is 0 Å². The standard InChI is InChI=1S/C22H29N5O2.HI/c1-16(29-20-12-7-6-11-19(20)28-3)15-25-22(23-2)24-14-8-13-21-26-17-9-4-5-10-18(17)27-21;/h4-7,9-12,16H,8,13-15H2,1-3H3,(H,26,27)(H2,23,24,25);1H. The van der Waals surface area contributed by atoms with Crippen LogP contribution >= 0.6 is 24.0 Å². The first kappa shape index (κ1) is 23.8. The van der Waals surface area contributed by atoms with Crippen molar-refractivity contribution in [2.45, 2.75) is 25.9 Å². The van der Waals surface area contributed by atoms with E-state index in [1.165, 1.54) is 0 Å². The van der Waals surface area contributed by atoms with Gasteiger partial charge in [0.25, 0.3) is 0 Å². The fourth-order valence-corrected chi connectivity index (χ4v) is 3.02. The van der Waals surface area contributed by atoms with Gasteiger partial charge in [-0.3, -0.25) is 4.99 Å².